The zero-order chi connectivity index (χ0) is 10.2. The molecule has 0 bridgehead atoms. The van der Waals surface area contributed by atoms with Crippen LogP contribution < -0.4 is 10.6 Å². The number of urea groups is 1. The summed E-state index contributed by atoms with van der Waals surface area (Å²) < 4.78 is 0. The second-order valence-electron chi connectivity index (χ2n) is 4.34. The number of rotatable bonds is 1. The molecule has 2 fully saturated rings. The first kappa shape index (κ1) is 9.49. The number of imide groups is 1. The lowest BCUT2D eigenvalue weighted by Crippen LogP contribution is -2.49. The van der Waals surface area contributed by atoms with Crippen LogP contribution in [0.4, 0.5) is 4.79 Å². The minimum Gasteiger partial charge on any atom is -0.323 e. The Labute approximate surface area is 83.4 Å². The first-order valence-electron chi connectivity index (χ1n) is 5.30. The highest BCUT2D eigenvalue weighted by Gasteiger charge is 2.47. The predicted octanol–water partition coefficient (Wildman–Crippen LogP) is 1.16. The molecule has 0 radical (unpaired) electrons. The van der Waals surface area contributed by atoms with Gasteiger partial charge >= 0.3 is 6.03 Å². The minimum atomic E-state index is -0.567. The molecule has 1 heterocycles. The molecule has 1 aliphatic heterocycles. The molecule has 1 saturated heterocycles. The molecular formula is C10H16N2O2. The molecule has 0 aromatic carbocycles. The molecule has 0 atom stereocenters. The second-order valence-corrected chi connectivity index (χ2v) is 4.34. The average Bonchev–Trinajstić information content (AvgIpc) is 2.43. The number of nitrogens with one attached hydrogen (secondary N) is 2. The molecule has 0 unspecified atom stereocenters. The van der Waals surface area contributed by atoms with Gasteiger partial charge in [-0.15, -0.1) is 0 Å². The van der Waals surface area contributed by atoms with Gasteiger partial charge in [-0.25, -0.2) is 4.79 Å². The summed E-state index contributed by atoms with van der Waals surface area (Å²) in [4.78, 5) is 22.6. The van der Waals surface area contributed by atoms with Gasteiger partial charge in [0.05, 0.1) is 0 Å². The van der Waals surface area contributed by atoms with Crippen LogP contribution in [-0.4, -0.2) is 17.5 Å². The van der Waals surface area contributed by atoms with E-state index in [1.165, 1.54) is 6.42 Å². The van der Waals surface area contributed by atoms with Gasteiger partial charge in [-0.05, 0) is 31.6 Å². The van der Waals surface area contributed by atoms with Gasteiger partial charge in [0.2, 0.25) is 0 Å². The minimum absolute atomic E-state index is 0.128. The quantitative estimate of drug-likeness (QED) is 0.618. The summed E-state index contributed by atoms with van der Waals surface area (Å²) in [7, 11) is 0. The molecule has 1 saturated carbocycles. The topological polar surface area (TPSA) is 58.2 Å². The van der Waals surface area contributed by atoms with E-state index in [2.05, 4.69) is 17.6 Å². The number of hydrogen-bond acceptors (Lipinski definition) is 2. The summed E-state index contributed by atoms with van der Waals surface area (Å²) in [5.74, 6) is 0.600. The third-order valence-electron chi connectivity index (χ3n) is 3.55. The van der Waals surface area contributed by atoms with Crippen molar-refractivity contribution in [2.24, 2.45) is 5.92 Å². The monoisotopic (exact) mass is 196 g/mol. The molecule has 4 nitrogen and oxygen atoms in total. The van der Waals surface area contributed by atoms with Gasteiger partial charge in [-0.3, -0.25) is 10.1 Å². The van der Waals surface area contributed by atoms with Crippen molar-refractivity contribution < 1.29 is 9.59 Å². The highest BCUT2D eigenvalue weighted by Crippen LogP contribution is 2.35. The standard InChI is InChI=1S/C10H16N2O2/c1-2-7-3-5-10(6-4-7)8(13)11-9(14)12-10/h7H,2-6H2,1H3,(H2,11,12,13,14). The maximum Gasteiger partial charge on any atom is 0.322 e. The largest absolute Gasteiger partial charge is 0.323 e. The van der Waals surface area contributed by atoms with Crippen LogP contribution in [0.3, 0.4) is 0 Å². The summed E-state index contributed by atoms with van der Waals surface area (Å²) in [5, 5.41) is 5.09. The van der Waals surface area contributed by atoms with Gasteiger partial charge < -0.3 is 5.32 Å². The molecule has 78 valence electrons. The Bertz CT molecular complexity index is 267. The van der Waals surface area contributed by atoms with Gasteiger partial charge in [0.15, 0.2) is 0 Å². The molecule has 3 amide bonds. The Morgan fingerprint density at radius 2 is 2.00 bits per heavy atom. The van der Waals surface area contributed by atoms with E-state index in [0.29, 0.717) is 0 Å². The third kappa shape index (κ3) is 1.38. The highest BCUT2D eigenvalue weighted by molar-refractivity contribution is 6.07. The van der Waals surface area contributed by atoms with Crippen molar-refractivity contribution in [3.8, 4) is 0 Å². The smallest absolute Gasteiger partial charge is 0.322 e. The normalized spacial score (nSPS) is 37.1. The van der Waals surface area contributed by atoms with E-state index in [-0.39, 0.29) is 11.9 Å². The Morgan fingerprint density at radius 1 is 1.36 bits per heavy atom. The molecule has 0 aromatic heterocycles. The third-order valence-corrected chi connectivity index (χ3v) is 3.55. The molecule has 0 aromatic rings. The Hall–Kier alpha value is -1.06. The Balaban J connectivity index is 2.05. The van der Waals surface area contributed by atoms with Crippen molar-refractivity contribution in [3.05, 3.63) is 0 Å². The molecule has 2 N–H and O–H groups in total. The number of hydrogen-bond donors (Lipinski definition) is 2. The van der Waals surface area contributed by atoms with Crippen molar-refractivity contribution in [1.82, 2.24) is 10.6 Å². The lowest BCUT2D eigenvalue weighted by Gasteiger charge is -2.34. The van der Waals surface area contributed by atoms with Crippen molar-refractivity contribution in [2.75, 3.05) is 0 Å². The van der Waals surface area contributed by atoms with E-state index < -0.39 is 5.54 Å². The van der Waals surface area contributed by atoms with E-state index >= 15 is 0 Å². The number of carbonyl (C=O) groups excluding carboxylic acids is 2. The van der Waals surface area contributed by atoms with E-state index in [1.54, 1.807) is 0 Å². The lowest BCUT2D eigenvalue weighted by molar-refractivity contribution is -0.125. The molecule has 4 heteroatoms. The Morgan fingerprint density at radius 3 is 2.43 bits per heavy atom. The molecule has 1 spiro atoms. The fourth-order valence-electron chi connectivity index (χ4n) is 2.46. The second kappa shape index (κ2) is 3.26. The molecule has 1 aliphatic carbocycles. The molecule has 14 heavy (non-hydrogen) atoms. The van der Waals surface area contributed by atoms with E-state index in [0.717, 1.165) is 31.6 Å². The summed E-state index contributed by atoms with van der Waals surface area (Å²) in [6, 6.07) is -0.329. The van der Waals surface area contributed by atoms with Crippen LogP contribution in [0.25, 0.3) is 0 Å². The van der Waals surface area contributed by atoms with Gasteiger partial charge in [0, 0.05) is 0 Å². The Kier molecular flexibility index (Phi) is 2.21. The molecule has 2 rings (SSSR count). The summed E-state index contributed by atoms with van der Waals surface area (Å²) in [6.45, 7) is 2.18. The molecular weight excluding hydrogens is 180 g/mol. The first-order valence-corrected chi connectivity index (χ1v) is 5.30. The SMILES string of the molecule is CCC1CCC2(CC1)NC(=O)NC2=O. The van der Waals surface area contributed by atoms with Crippen molar-refractivity contribution in [3.63, 3.8) is 0 Å². The fourth-order valence-corrected chi connectivity index (χ4v) is 2.46. The maximum atomic E-state index is 11.6. The van der Waals surface area contributed by atoms with E-state index in [9.17, 15) is 9.59 Å². The van der Waals surface area contributed by atoms with Crippen LogP contribution in [0.15, 0.2) is 0 Å². The number of carbonyl (C=O) groups is 2. The van der Waals surface area contributed by atoms with Crippen molar-refractivity contribution in [1.29, 1.82) is 0 Å². The van der Waals surface area contributed by atoms with Gasteiger partial charge in [-0.2, -0.15) is 0 Å². The lowest BCUT2D eigenvalue weighted by atomic mass is 9.76. The van der Waals surface area contributed by atoms with Crippen LogP contribution >= 0.6 is 0 Å². The summed E-state index contributed by atoms with van der Waals surface area (Å²) in [6.07, 6.45) is 4.85. The van der Waals surface area contributed by atoms with E-state index in [4.69, 9.17) is 0 Å². The number of amides is 3. The van der Waals surface area contributed by atoms with Gasteiger partial charge in [0.1, 0.15) is 5.54 Å². The zero-order valence-corrected chi connectivity index (χ0v) is 8.43. The average molecular weight is 196 g/mol. The zero-order valence-electron chi connectivity index (χ0n) is 8.43. The predicted molar refractivity (Wildman–Crippen MR) is 51.7 cm³/mol. The van der Waals surface area contributed by atoms with Crippen LogP contribution in [-0.2, 0) is 4.79 Å². The highest BCUT2D eigenvalue weighted by atomic mass is 16.2. The van der Waals surface area contributed by atoms with Gasteiger partial charge in [0.25, 0.3) is 5.91 Å². The van der Waals surface area contributed by atoms with Crippen LogP contribution in [0.1, 0.15) is 39.0 Å². The van der Waals surface area contributed by atoms with Crippen molar-refractivity contribution >= 4 is 11.9 Å². The fraction of sp³-hybridized carbons (Fsp3) is 0.800. The summed E-state index contributed by atoms with van der Waals surface area (Å²) in [5.41, 5.74) is -0.567. The van der Waals surface area contributed by atoms with E-state index in [1.807, 2.05) is 0 Å². The maximum absolute atomic E-state index is 11.6. The van der Waals surface area contributed by atoms with Crippen LogP contribution in [0, 0.1) is 5.92 Å². The molecule has 2 aliphatic rings. The summed E-state index contributed by atoms with van der Waals surface area (Å²) >= 11 is 0. The van der Waals surface area contributed by atoms with Crippen LogP contribution in [0.2, 0.25) is 0 Å². The van der Waals surface area contributed by atoms with Gasteiger partial charge in [-0.1, -0.05) is 13.3 Å². The first-order chi connectivity index (χ1) is 6.66. The van der Waals surface area contributed by atoms with Crippen LogP contribution in [0.5, 0.6) is 0 Å². The van der Waals surface area contributed by atoms with Crippen molar-refractivity contribution in [2.45, 2.75) is 44.6 Å².